The van der Waals surface area contributed by atoms with Gasteiger partial charge in [0, 0.05) is 22.3 Å². The molecule has 10 heteroatoms. The molecule has 1 aromatic carbocycles. The molecule has 0 N–H and O–H groups in total. The fourth-order valence-corrected chi connectivity index (χ4v) is 6.33. The van der Waals surface area contributed by atoms with E-state index in [0.717, 1.165) is 40.4 Å². The van der Waals surface area contributed by atoms with Crippen LogP contribution in [0.25, 0.3) is 0 Å². The van der Waals surface area contributed by atoms with Crippen LogP contribution in [0.5, 0.6) is 0 Å². The lowest BCUT2D eigenvalue weighted by atomic mass is 9.99. The Labute approximate surface area is 163 Å². The third-order valence-electron chi connectivity index (χ3n) is 4.67. The second-order valence-electron chi connectivity index (χ2n) is 6.91. The molecule has 28 heavy (non-hydrogen) atoms. The van der Waals surface area contributed by atoms with Crippen molar-refractivity contribution in [2.75, 3.05) is 0 Å². The molecule has 2 aromatic rings. The van der Waals surface area contributed by atoms with Crippen LogP contribution < -0.4 is 0 Å². The summed E-state index contributed by atoms with van der Waals surface area (Å²) in [5.41, 5.74) is 1.11. The van der Waals surface area contributed by atoms with E-state index in [1.165, 1.54) is 25.2 Å². The zero-order chi connectivity index (χ0) is 20.8. The van der Waals surface area contributed by atoms with E-state index in [0.29, 0.717) is 4.88 Å². The average Bonchev–Trinajstić information content (AvgIpc) is 3.05. The summed E-state index contributed by atoms with van der Waals surface area (Å²) in [6, 6.07) is 1.09. The van der Waals surface area contributed by atoms with Gasteiger partial charge in [-0.25, -0.2) is 30.4 Å². The van der Waals surface area contributed by atoms with Gasteiger partial charge in [-0.3, -0.25) is 0 Å². The van der Waals surface area contributed by atoms with Crippen LogP contribution in [0.3, 0.4) is 0 Å². The van der Waals surface area contributed by atoms with E-state index in [9.17, 15) is 30.4 Å². The molecule has 3 rings (SSSR count). The summed E-state index contributed by atoms with van der Waals surface area (Å²) < 4.78 is 95.1. The molecule has 0 radical (unpaired) electrons. The molecule has 0 amide bonds. The highest BCUT2D eigenvalue weighted by Gasteiger charge is 2.38. The normalized spacial score (nSPS) is 14.8. The average molecular weight is 439 g/mol. The largest absolute Gasteiger partial charge is 0.249 e. The van der Waals surface area contributed by atoms with Gasteiger partial charge in [0.25, 0.3) is 0 Å². The first kappa shape index (κ1) is 21.2. The van der Waals surface area contributed by atoms with Gasteiger partial charge in [0.15, 0.2) is 28.2 Å². The maximum absolute atomic E-state index is 14.1. The molecule has 0 atom stereocenters. The topological polar surface area (TPSA) is 37.4 Å². The predicted molar refractivity (Wildman–Crippen MR) is 95.1 cm³/mol. The number of thiophene rings is 1. The molecule has 0 saturated heterocycles. The maximum Gasteiger partial charge on any atom is 0.249 e. The van der Waals surface area contributed by atoms with Crippen molar-refractivity contribution in [3.05, 3.63) is 50.5 Å². The van der Waals surface area contributed by atoms with Crippen molar-refractivity contribution in [1.29, 1.82) is 0 Å². The van der Waals surface area contributed by atoms with Crippen molar-refractivity contribution >= 4 is 21.4 Å². The van der Waals surface area contributed by atoms with Gasteiger partial charge in [-0.2, -0.15) is 4.31 Å². The quantitative estimate of drug-likeness (QED) is 0.377. The zero-order valence-corrected chi connectivity index (χ0v) is 16.8. The number of aryl methyl sites for hydroxylation is 2. The lowest BCUT2D eigenvalue weighted by molar-refractivity contribution is 0.329. The molecule has 1 aliphatic rings. The van der Waals surface area contributed by atoms with Gasteiger partial charge < -0.3 is 0 Å². The number of nitrogens with zero attached hydrogens (tertiary/aromatic N) is 1. The summed E-state index contributed by atoms with van der Waals surface area (Å²) >= 11 is 1.41. The van der Waals surface area contributed by atoms with Crippen LogP contribution in [-0.4, -0.2) is 18.8 Å². The third-order valence-corrected chi connectivity index (χ3v) is 7.94. The summed E-state index contributed by atoms with van der Waals surface area (Å²) in [7, 11) is -4.98. The Morgan fingerprint density at radius 3 is 2.04 bits per heavy atom. The summed E-state index contributed by atoms with van der Waals surface area (Å²) in [6.45, 7) is 2.73. The summed E-state index contributed by atoms with van der Waals surface area (Å²) in [4.78, 5) is -0.0226. The third kappa shape index (κ3) is 3.57. The van der Waals surface area contributed by atoms with Gasteiger partial charge in [0.1, 0.15) is 0 Å². The molecule has 0 bridgehead atoms. The Bertz CT molecular complexity index is 965. The maximum atomic E-state index is 14.1. The summed E-state index contributed by atoms with van der Waals surface area (Å²) in [5, 5.41) is 0. The zero-order valence-electron chi connectivity index (χ0n) is 15.2. The molecule has 0 aliphatic heterocycles. The van der Waals surface area contributed by atoms with Crippen LogP contribution in [0.2, 0.25) is 0 Å². The lowest BCUT2D eigenvalue weighted by Crippen LogP contribution is -2.37. The highest BCUT2D eigenvalue weighted by atomic mass is 32.2. The minimum Gasteiger partial charge on any atom is -0.207 e. The molecule has 0 saturated carbocycles. The highest BCUT2D eigenvalue weighted by molar-refractivity contribution is 7.89. The van der Waals surface area contributed by atoms with Crippen molar-refractivity contribution in [2.45, 2.75) is 57.0 Å². The highest BCUT2D eigenvalue weighted by Crippen LogP contribution is 2.34. The van der Waals surface area contributed by atoms with Crippen LogP contribution >= 0.6 is 11.3 Å². The number of rotatable bonds is 5. The molecule has 1 aliphatic carbocycles. The summed E-state index contributed by atoms with van der Waals surface area (Å²) in [5.74, 6) is -11.7. The van der Waals surface area contributed by atoms with E-state index in [2.05, 4.69) is 0 Å². The number of hydrogen-bond donors (Lipinski definition) is 0. The fourth-order valence-electron chi connectivity index (χ4n) is 3.26. The number of hydrogen-bond acceptors (Lipinski definition) is 3. The summed E-state index contributed by atoms with van der Waals surface area (Å²) in [6.07, 6.45) is 3.81. The van der Waals surface area contributed by atoms with Gasteiger partial charge in [0.2, 0.25) is 15.8 Å². The Kier molecular flexibility index (Phi) is 5.84. The minimum absolute atomic E-state index is 0.211. The molecule has 0 spiro atoms. The lowest BCUT2D eigenvalue weighted by Gasteiger charge is -2.26. The van der Waals surface area contributed by atoms with Crippen molar-refractivity contribution in [3.8, 4) is 0 Å². The SMILES string of the molecule is CC(C)N(Cc1cc2c(s1)CCCC2)S(=O)(=O)c1c(F)c(F)c(F)c(F)c1F. The van der Waals surface area contributed by atoms with Crippen LogP contribution in [-0.2, 0) is 29.4 Å². The first-order valence-electron chi connectivity index (χ1n) is 8.69. The van der Waals surface area contributed by atoms with E-state index in [-0.39, 0.29) is 6.54 Å². The van der Waals surface area contributed by atoms with Gasteiger partial charge in [-0.1, -0.05) is 0 Å². The molecule has 1 heterocycles. The molecule has 1 aromatic heterocycles. The van der Waals surface area contributed by atoms with Gasteiger partial charge in [-0.05, 0) is 51.2 Å². The molecular formula is C18H18F5NO2S2. The van der Waals surface area contributed by atoms with Gasteiger partial charge in [-0.15, -0.1) is 11.3 Å². The van der Waals surface area contributed by atoms with Crippen molar-refractivity contribution in [1.82, 2.24) is 4.31 Å². The van der Waals surface area contributed by atoms with Crippen LogP contribution in [0.15, 0.2) is 11.0 Å². The number of benzene rings is 1. The first-order valence-corrected chi connectivity index (χ1v) is 10.9. The molecular weight excluding hydrogens is 421 g/mol. The van der Waals surface area contributed by atoms with E-state index in [4.69, 9.17) is 0 Å². The van der Waals surface area contributed by atoms with E-state index in [1.54, 1.807) is 0 Å². The fraction of sp³-hybridized carbons (Fsp3) is 0.444. The second-order valence-corrected chi connectivity index (χ2v) is 9.96. The van der Waals surface area contributed by atoms with E-state index < -0.39 is 50.0 Å². The predicted octanol–water partition coefficient (Wildman–Crippen LogP) is 4.92. The Morgan fingerprint density at radius 2 is 1.50 bits per heavy atom. The second kappa shape index (κ2) is 7.72. The van der Waals surface area contributed by atoms with Crippen LogP contribution in [0, 0.1) is 29.1 Å². The monoisotopic (exact) mass is 439 g/mol. The Morgan fingerprint density at radius 1 is 0.964 bits per heavy atom. The number of halogens is 5. The van der Waals surface area contributed by atoms with Crippen molar-refractivity contribution < 1.29 is 30.4 Å². The van der Waals surface area contributed by atoms with E-state index in [1.807, 2.05) is 6.07 Å². The molecule has 3 nitrogen and oxygen atoms in total. The molecule has 0 unspecified atom stereocenters. The van der Waals surface area contributed by atoms with Gasteiger partial charge >= 0.3 is 0 Å². The Hall–Kier alpha value is -1.52. The standard InChI is InChI=1S/C18H18F5NO2S2/c1-9(2)24(8-11-7-10-5-3-4-6-12(10)27-11)28(25,26)18-16(22)14(20)13(19)15(21)17(18)23/h7,9H,3-6,8H2,1-2H3. The minimum atomic E-state index is -4.98. The first-order chi connectivity index (χ1) is 13.1. The molecule has 154 valence electrons. The van der Waals surface area contributed by atoms with Crippen LogP contribution in [0.1, 0.15) is 42.0 Å². The van der Waals surface area contributed by atoms with Crippen LogP contribution in [0.4, 0.5) is 22.0 Å². The number of sulfonamides is 1. The van der Waals surface area contributed by atoms with Crippen molar-refractivity contribution in [2.24, 2.45) is 0 Å². The van der Waals surface area contributed by atoms with Gasteiger partial charge in [0.05, 0.1) is 0 Å². The molecule has 0 fully saturated rings. The van der Waals surface area contributed by atoms with Crippen molar-refractivity contribution in [3.63, 3.8) is 0 Å². The van der Waals surface area contributed by atoms with E-state index >= 15 is 0 Å². The smallest absolute Gasteiger partial charge is 0.207 e. The Balaban J connectivity index is 2.06. The number of fused-ring (bicyclic) bond motifs is 1.